The number of carbonyl (C=O) groups is 2. The lowest BCUT2D eigenvalue weighted by atomic mass is 10.1. The molecular weight excluding hydrogens is 306 g/mol. The molecule has 0 fully saturated rings. The highest BCUT2D eigenvalue weighted by atomic mass is 16.5. The van der Waals surface area contributed by atoms with Crippen molar-refractivity contribution in [1.82, 2.24) is 0 Å². The number of aliphatic imine (C=N–C) groups is 1. The van der Waals surface area contributed by atoms with Crippen LogP contribution in [0.5, 0.6) is 0 Å². The molecule has 5 nitrogen and oxygen atoms in total. The minimum Gasteiger partial charge on any atom is -0.466 e. The molecule has 0 aliphatic heterocycles. The third-order valence-corrected chi connectivity index (χ3v) is 3.89. The number of hydrogen-bond acceptors (Lipinski definition) is 4. The van der Waals surface area contributed by atoms with Crippen LogP contribution in [0.4, 0.5) is 4.79 Å². The summed E-state index contributed by atoms with van der Waals surface area (Å²) in [4.78, 5) is 25.4. The smallest absolute Gasteiger partial charge is 0.432 e. The summed E-state index contributed by atoms with van der Waals surface area (Å²) in [6.07, 6.45) is 13.5. The van der Waals surface area contributed by atoms with Crippen molar-refractivity contribution in [2.24, 2.45) is 4.99 Å². The number of amides is 1. The van der Waals surface area contributed by atoms with E-state index < -0.39 is 6.09 Å². The summed E-state index contributed by atoms with van der Waals surface area (Å²) in [6.45, 7) is 6.18. The molecule has 0 aliphatic rings. The Hall–Kier alpha value is -1.39. The van der Waals surface area contributed by atoms with E-state index in [0.29, 0.717) is 19.6 Å². The third kappa shape index (κ3) is 17.0. The van der Waals surface area contributed by atoms with Crippen LogP contribution in [0, 0.1) is 0 Å². The number of rotatable bonds is 16. The first-order valence-electron chi connectivity index (χ1n) is 9.49. The molecule has 5 heteroatoms. The van der Waals surface area contributed by atoms with Gasteiger partial charge in [0.1, 0.15) is 0 Å². The molecule has 0 rings (SSSR count). The molecule has 0 unspecified atom stereocenters. The second kappa shape index (κ2) is 18.0. The summed E-state index contributed by atoms with van der Waals surface area (Å²) in [7, 11) is 0. The zero-order valence-electron chi connectivity index (χ0n) is 15.4. The standard InChI is InChI=1S/C19H35NO4/c1-3-4-5-6-7-8-9-10-13-16-23-18(21)15-12-11-14-17-24-19(22)20-2/h2-17H2,1H3. The van der Waals surface area contributed by atoms with Crippen LogP contribution in [0.2, 0.25) is 0 Å². The lowest BCUT2D eigenvalue weighted by Crippen LogP contribution is -2.06. The Morgan fingerprint density at radius 2 is 1.25 bits per heavy atom. The van der Waals surface area contributed by atoms with Crippen molar-refractivity contribution in [3.05, 3.63) is 0 Å². The van der Waals surface area contributed by atoms with Crippen LogP contribution >= 0.6 is 0 Å². The highest BCUT2D eigenvalue weighted by Crippen LogP contribution is 2.10. The Kier molecular flexibility index (Phi) is 16.9. The molecule has 0 aromatic heterocycles. The molecule has 0 bridgehead atoms. The van der Waals surface area contributed by atoms with Gasteiger partial charge in [0.2, 0.25) is 0 Å². The van der Waals surface area contributed by atoms with Crippen molar-refractivity contribution in [2.45, 2.75) is 90.4 Å². The first kappa shape index (κ1) is 22.6. The quantitative estimate of drug-likeness (QED) is 0.212. The van der Waals surface area contributed by atoms with E-state index in [1.54, 1.807) is 0 Å². The predicted molar refractivity (Wildman–Crippen MR) is 97.6 cm³/mol. The van der Waals surface area contributed by atoms with E-state index in [0.717, 1.165) is 32.1 Å². The van der Waals surface area contributed by atoms with Crippen LogP contribution in [0.25, 0.3) is 0 Å². The number of nitrogens with zero attached hydrogens (tertiary/aromatic N) is 1. The van der Waals surface area contributed by atoms with Gasteiger partial charge in [-0.1, -0.05) is 58.3 Å². The van der Waals surface area contributed by atoms with E-state index in [4.69, 9.17) is 9.47 Å². The normalized spacial score (nSPS) is 10.4. The Morgan fingerprint density at radius 3 is 1.83 bits per heavy atom. The van der Waals surface area contributed by atoms with Gasteiger partial charge in [0.05, 0.1) is 13.2 Å². The van der Waals surface area contributed by atoms with Crippen LogP contribution in [-0.4, -0.2) is 32.0 Å². The minimum atomic E-state index is -0.643. The second-order valence-electron chi connectivity index (χ2n) is 6.13. The van der Waals surface area contributed by atoms with Crippen LogP contribution in [0.3, 0.4) is 0 Å². The number of esters is 1. The summed E-state index contributed by atoms with van der Waals surface area (Å²) < 4.78 is 9.97. The summed E-state index contributed by atoms with van der Waals surface area (Å²) in [5.41, 5.74) is 0. The van der Waals surface area contributed by atoms with Crippen molar-refractivity contribution >= 4 is 18.8 Å². The minimum absolute atomic E-state index is 0.126. The molecule has 0 aromatic rings. The molecule has 0 atom stereocenters. The van der Waals surface area contributed by atoms with Gasteiger partial charge in [-0.05, 0) is 32.4 Å². The first-order chi connectivity index (χ1) is 11.7. The maximum absolute atomic E-state index is 11.5. The maximum atomic E-state index is 11.5. The Labute approximate surface area is 147 Å². The van der Waals surface area contributed by atoms with Crippen molar-refractivity contribution in [3.8, 4) is 0 Å². The van der Waals surface area contributed by atoms with Crippen LogP contribution in [0.15, 0.2) is 4.99 Å². The van der Waals surface area contributed by atoms with E-state index in [9.17, 15) is 9.59 Å². The van der Waals surface area contributed by atoms with Crippen LogP contribution < -0.4 is 0 Å². The highest BCUT2D eigenvalue weighted by Gasteiger charge is 2.03. The molecule has 1 amide bonds. The average Bonchev–Trinajstić information content (AvgIpc) is 2.59. The van der Waals surface area contributed by atoms with Crippen molar-refractivity contribution in [1.29, 1.82) is 0 Å². The van der Waals surface area contributed by atoms with Gasteiger partial charge in [-0.25, -0.2) is 4.79 Å². The molecular formula is C19H35NO4. The van der Waals surface area contributed by atoms with Gasteiger partial charge < -0.3 is 9.47 Å². The second-order valence-corrected chi connectivity index (χ2v) is 6.13. The number of hydrogen-bond donors (Lipinski definition) is 0. The van der Waals surface area contributed by atoms with Gasteiger partial charge in [0.25, 0.3) is 0 Å². The highest BCUT2D eigenvalue weighted by molar-refractivity contribution is 5.72. The number of unbranched alkanes of at least 4 members (excludes halogenated alkanes) is 10. The fourth-order valence-corrected chi connectivity index (χ4v) is 2.42. The van der Waals surface area contributed by atoms with Gasteiger partial charge in [-0.15, -0.1) is 0 Å². The van der Waals surface area contributed by atoms with E-state index in [-0.39, 0.29) is 5.97 Å². The fourth-order valence-electron chi connectivity index (χ4n) is 2.42. The monoisotopic (exact) mass is 341 g/mol. The Balaban J connectivity index is 3.21. The summed E-state index contributed by atoms with van der Waals surface area (Å²) in [6, 6.07) is 0. The van der Waals surface area contributed by atoms with E-state index >= 15 is 0 Å². The van der Waals surface area contributed by atoms with Crippen molar-refractivity contribution in [2.75, 3.05) is 13.2 Å². The predicted octanol–water partition coefficient (Wildman–Crippen LogP) is 5.46. The Morgan fingerprint density at radius 1 is 0.750 bits per heavy atom. The molecule has 0 radical (unpaired) electrons. The van der Waals surface area contributed by atoms with Gasteiger partial charge in [-0.2, -0.15) is 4.99 Å². The van der Waals surface area contributed by atoms with Gasteiger partial charge in [0.15, 0.2) is 0 Å². The maximum Gasteiger partial charge on any atom is 0.432 e. The van der Waals surface area contributed by atoms with E-state index in [2.05, 4.69) is 18.6 Å². The van der Waals surface area contributed by atoms with Crippen molar-refractivity contribution < 1.29 is 19.1 Å². The SMILES string of the molecule is C=NC(=O)OCCCCCC(=O)OCCCCCCCCCCC. The topological polar surface area (TPSA) is 65.0 Å². The molecule has 0 saturated carbocycles. The van der Waals surface area contributed by atoms with Crippen molar-refractivity contribution in [3.63, 3.8) is 0 Å². The number of carbonyl (C=O) groups excluding carboxylic acids is 2. The molecule has 0 N–H and O–H groups in total. The van der Waals surface area contributed by atoms with Crippen LogP contribution in [-0.2, 0) is 14.3 Å². The zero-order valence-corrected chi connectivity index (χ0v) is 15.4. The molecule has 0 saturated heterocycles. The first-order valence-corrected chi connectivity index (χ1v) is 9.49. The van der Waals surface area contributed by atoms with Gasteiger partial charge in [0, 0.05) is 6.42 Å². The lowest BCUT2D eigenvalue weighted by molar-refractivity contribution is -0.143. The molecule has 0 spiro atoms. The summed E-state index contributed by atoms with van der Waals surface area (Å²) >= 11 is 0. The molecule has 0 heterocycles. The molecule has 0 aromatic carbocycles. The summed E-state index contributed by atoms with van der Waals surface area (Å²) in [5.74, 6) is -0.126. The lowest BCUT2D eigenvalue weighted by Gasteiger charge is -2.05. The van der Waals surface area contributed by atoms with E-state index in [1.165, 1.54) is 44.9 Å². The van der Waals surface area contributed by atoms with Gasteiger partial charge in [-0.3, -0.25) is 4.79 Å². The number of ether oxygens (including phenoxy) is 2. The summed E-state index contributed by atoms with van der Waals surface area (Å²) in [5, 5.41) is 0. The zero-order chi connectivity index (χ0) is 17.9. The molecule has 140 valence electrons. The molecule has 0 aliphatic carbocycles. The van der Waals surface area contributed by atoms with Gasteiger partial charge >= 0.3 is 12.1 Å². The Bertz CT molecular complexity index is 331. The van der Waals surface area contributed by atoms with Crippen LogP contribution in [0.1, 0.15) is 90.4 Å². The van der Waals surface area contributed by atoms with E-state index in [1.807, 2.05) is 0 Å². The average molecular weight is 341 g/mol. The molecule has 24 heavy (non-hydrogen) atoms. The largest absolute Gasteiger partial charge is 0.466 e. The third-order valence-electron chi connectivity index (χ3n) is 3.89. The fraction of sp³-hybridized carbons (Fsp3) is 0.842.